The number of aromatic nitrogens is 3. The number of hydrogen-bond donors (Lipinski definition) is 3. The number of hydrogen-bond acceptors (Lipinski definition) is 6. The molecule has 1 saturated heterocycles. The van der Waals surface area contributed by atoms with Crippen molar-refractivity contribution in [3.8, 4) is 0 Å². The molecule has 3 rings (SSSR count). The molecule has 2 amide bonds. The maximum absolute atomic E-state index is 12.8. The van der Waals surface area contributed by atoms with Crippen molar-refractivity contribution in [2.75, 3.05) is 36.3 Å². The molecule has 1 aliphatic rings. The Hall–Kier alpha value is -2.62. The predicted molar refractivity (Wildman–Crippen MR) is 119 cm³/mol. The van der Waals surface area contributed by atoms with Crippen LogP contribution in [0.4, 0.5) is 10.5 Å². The molecule has 1 fully saturated rings. The Kier molecular flexibility index (Phi) is 7.30. The molecule has 0 unspecified atom stereocenters. The number of piperidine rings is 1. The lowest BCUT2D eigenvalue weighted by Crippen LogP contribution is -2.55. The molecule has 3 atom stereocenters. The van der Waals surface area contributed by atoms with Gasteiger partial charge in [0, 0.05) is 44.1 Å². The van der Waals surface area contributed by atoms with Crippen LogP contribution in [0.25, 0.3) is 11.2 Å². The maximum Gasteiger partial charge on any atom is 0.405 e. The molecule has 10 heteroatoms. The van der Waals surface area contributed by atoms with E-state index in [2.05, 4.69) is 49.9 Å². The molecule has 30 heavy (non-hydrogen) atoms. The smallest absolute Gasteiger partial charge is 0.405 e. The van der Waals surface area contributed by atoms with Gasteiger partial charge in [-0.1, -0.05) is 6.92 Å². The second-order valence-corrected chi connectivity index (χ2v) is 10.4. The van der Waals surface area contributed by atoms with E-state index in [4.69, 9.17) is 5.11 Å². The van der Waals surface area contributed by atoms with Crippen molar-refractivity contribution in [2.45, 2.75) is 31.8 Å². The molecule has 1 aliphatic heterocycles. The molecule has 2 aromatic heterocycles. The van der Waals surface area contributed by atoms with Crippen molar-refractivity contribution in [1.82, 2.24) is 25.6 Å². The summed E-state index contributed by atoms with van der Waals surface area (Å²) in [5, 5.41) is 14.6. The lowest BCUT2D eigenvalue weighted by atomic mass is 9.95. The van der Waals surface area contributed by atoms with Crippen LogP contribution in [0.2, 0.25) is 0 Å². The minimum Gasteiger partial charge on any atom is -0.465 e. The first-order valence-electron chi connectivity index (χ1n) is 9.98. The Morgan fingerprint density at radius 3 is 2.70 bits per heavy atom. The summed E-state index contributed by atoms with van der Waals surface area (Å²) in [5.74, 6) is 0.890. The Morgan fingerprint density at radius 1 is 1.23 bits per heavy atom. The highest BCUT2D eigenvalue weighted by molar-refractivity contribution is 7.95. The largest absolute Gasteiger partial charge is 0.465 e. The van der Waals surface area contributed by atoms with Crippen LogP contribution in [0.5, 0.6) is 0 Å². The van der Waals surface area contributed by atoms with E-state index in [-0.39, 0.29) is 22.8 Å². The van der Waals surface area contributed by atoms with E-state index in [0.29, 0.717) is 24.5 Å². The number of nitrogens with zero attached hydrogens (tertiary/aromatic N) is 4. The average molecular weight is 434 g/mol. The lowest BCUT2D eigenvalue weighted by Gasteiger charge is -2.38. The first-order chi connectivity index (χ1) is 14.3. The molecule has 0 bridgehead atoms. The number of carboxylic acid groups (broad SMARTS) is 1. The minimum atomic E-state index is -1.18. The monoisotopic (exact) mass is 433 g/mol. The van der Waals surface area contributed by atoms with Gasteiger partial charge in [-0.05, 0) is 29.3 Å². The number of fused-ring (bicyclic) bond motifs is 1. The van der Waals surface area contributed by atoms with Crippen LogP contribution in [0, 0.1) is 5.92 Å². The third-order valence-electron chi connectivity index (χ3n) is 5.13. The van der Waals surface area contributed by atoms with E-state index < -0.39 is 12.1 Å². The van der Waals surface area contributed by atoms with Crippen LogP contribution >= 0.6 is 0 Å². The van der Waals surface area contributed by atoms with E-state index in [9.17, 15) is 9.59 Å². The molecule has 0 aromatic carbocycles. The molecule has 0 spiro atoms. The molecular weight excluding hydrogens is 404 g/mol. The lowest BCUT2D eigenvalue weighted by molar-refractivity contribution is -0.123. The molecule has 0 radical (unpaired) electrons. The van der Waals surface area contributed by atoms with Crippen LogP contribution in [-0.2, 0) is 15.7 Å². The van der Waals surface area contributed by atoms with Gasteiger partial charge in [0.2, 0.25) is 5.91 Å². The normalized spacial score (nSPS) is 20.2. The summed E-state index contributed by atoms with van der Waals surface area (Å²) in [6, 6.07) is 1.10. The average Bonchev–Trinajstić information content (AvgIpc) is 2.69. The fourth-order valence-electron chi connectivity index (χ4n) is 3.84. The van der Waals surface area contributed by atoms with Crippen molar-refractivity contribution in [3.05, 3.63) is 24.7 Å². The first kappa shape index (κ1) is 22.1. The van der Waals surface area contributed by atoms with Crippen LogP contribution in [0.1, 0.15) is 19.8 Å². The summed E-state index contributed by atoms with van der Waals surface area (Å²) < 4.78 is 0. The third kappa shape index (κ3) is 5.71. The van der Waals surface area contributed by atoms with E-state index in [0.717, 1.165) is 29.9 Å². The van der Waals surface area contributed by atoms with Crippen molar-refractivity contribution in [3.63, 3.8) is 0 Å². The Balaban J connectivity index is 1.73. The van der Waals surface area contributed by atoms with Gasteiger partial charge in [0.05, 0.1) is 18.2 Å². The van der Waals surface area contributed by atoms with Gasteiger partial charge >= 0.3 is 6.09 Å². The molecule has 3 N–H and O–H groups in total. The summed E-state index contributed by atoms with van der Waals surface area (Å²) in [5.41, 5.74) is 2.27. The Bertz CT molecular complexity index is 890. The van der Waals surface area contributed by atoms with Crippen molar-refractivity contribution < 1.29 is 14.7 Å². The topological polar surface area (TPSA) is 120 Å². The van der Waals surface area contributed by atoms with Crippen LogP contribution < -0.4 is 15.5 Å². The van der Waals surface area contributed by atoms with Crippen molar-refractivity contribution in [2.24, 2.45) is 5.92 Å². The number of nitrogens with one attached hydrogen (secondary N) is 2. The summed E-state index contributed by atoms with van der Waals surface area (Å²) in [6.07, 6.45) is 9.30. The molecule has 3 heterocycles. The van der Waals surface area contributed by atoms with Crippen LogP contribution in [-0.4, -0.2) is 75.5 Å². The molecule has 2 aromatic rings. The highest BCUT2D eigenvalue weighted by Gasteiger charge is 2.30. The second-order valence-electron chi connectivity index (χ2n) is 7.99. The molecule has 162 valence electrons. The second kappa shape index (κ2) is 9.92. The quantitative estimate of drug-likeness (QED) is 0.562. The predicted octanol–water partition coefficient (Wildman–Crippen LogP) is 1.26. The number of rotatable bonds is 7. The van der Waals surface area contributed by atoms with Gasteiger partial charge in [-0.15, -0.1) is 0 Å². The van der Waals surface area contributed by atoms with Gasteiger partial charge in [0.15, 0.2) is 5.65 Å². The molecule has 0 aliphatic carbocycles. The number of anilines is 1. The van der Waals surface area contributed by atoms with E-state index in [1.165, 1.54) is 0 Å². The molecule has 9 nitrogen and oxygen atoms in total. The number of pyridine rings is 1. The zero-order valence-corrected chi connectivity index (χ0v) is 18.4. The summed E-state index contributed by atoms with van der Waals surface area (Å²) in [7, 11) is 0.136. The Labute approximate surface area is 179 Å². The summed E-state index contributed by atoms with van der Waals surface area (Å²) in [4.78, 5) is 39.2. The maximum atomic E-state index is 12.8. The summed E-state index contributed by atoms with van der Waals surface area (Å²) in [6.45, 7) is 3.61. The highest BCUT2D eigenvalue weighted by Crippen LogP contribution is 2.27. The van der Waals surface area contributed by atoms with Gasteiger partial charge in [-0.3, -0.25) is 4.79 Å². The standard InChI is InChI=1S/C20H28N6O3S/c1-13-10-14(24-19(27)15(25-20(28)29)5-9-30(2)3)12-26(11-13)16-4-6-22-18-17(16)21-7-8-23-18/h4,6-8,13-15,25H,5,9-12H2,1-3H3,(H-,24,27,28,29)/p+1/t13-,14+,15+/m0/s1. The fraction of sp³-hybridized carbons (Fsp3) is 0.550. The van der Waals surface area contributed by atoms with E-state index in [1.807, 2.05) is 6.07 Å². The third-order valence-corrected chi connectivity index (χ3v) is 6.18. The van der Waals surface area contributed by atoms with Gasteiger partial charge < -0.3 is 20.6 Å². The zero-order valence-electron chi connectivity index (χ0n) is 17.5. The number of carbonyl (C=O) groups excluding carboxylic acids is 1. The molecular formula is C20H29N6O3S+. The van der Waals surface area contributed by atoms with Crippen LogP contribution in [0.3, 0.4) is 0 Å². The highest BCUT2D eigenvalue weighted by atomic mass is 32.2. The van der Waals surface area contributed by atoms with Crippen molar-refractivity contribution >= 4 is 39.7 Å². The first-order valence-corrected chi connectivity index (χ1v) is 12.2. The SMILES string of the molecule is C[C@H]1C[C@@H](NC(=O)[C@@H](CC[S+](C)C)NC(=O)O)CN(c2ccnc3nccnc23)C1. The molecule has 0 saturated carbocycles. The number of amides is 2. The van der Waals surface area contributed by atoms with Crippen LogP contribution in [0.15, 0.2) is 24.7 Å². The van der Waals surface area contributed by atoms with E-state index >= 15 is 0 Å². The number of carbonyl (C=O) groups is 2. The van der Waals surface area contributed by atoms with Gasteiger partial charge in [-0.2, -0.15) is 0 Å². The van der Waals surface area contributed by atoms with Gasteiger partial charge in [0.25, 0.3) is 0 Å². The zero-order chi connectivity index (χ0) is 21.7. The Morgan fingerprint density at radius 2 is 1.97 bits per heavy atom. The van der Waals surface area contributed by atoms with Crippen molar-refractivity contribution in [1.29, 1.82) is 0 Å². The van der Waals surface area contributed by atoms with Gasteiger partial charge in [0.1, 0.15) is 17.3 Å². The van der Waals surface area contributed by atoms with Gasteiger partial charge in [-0.25, -0.2) is 19.7 Å². The minimum absolute atomic E-state index is 0.0827. The fourth-order valence-corrected chi connectivity index (χ4v) is 4.55. The summed E-state index contributed by atoms with van der Waals surface area (Å²) >= 11 is 0. The van der Waals surface area contributed by atoms with E-state index in [1.54, 1.807) is 18.6 Å².